The van der Waals surface area contributed by atoms with Gasteiger partial charge in [0.05, 0.1) is 0 Å². The molecule has 0 aromatic heterocycles. The Kier molecular flexibility index (Phi) is 1.97. The Morgan fingerprint density at radius 3 is 2.09 bits per heavy atom. The van der Waals surface area contributed by atoms with Gasteiger partial charge in [0, 0.05) is 12.3 Å². The zero-order chi connectivity index (χ0) is 8.70. The molecule has 0 spiro atoms. The van der Waals surface area contributed by atoms with Crippen LogP contribution in [0.2, 0.25) is 0 Å². The predicted molar refractivity (Wildman–Crippen MR) is 41.7 cm³/mol. The molecule has 0 nitrogen and oxygen atoms in total. The first-order valence-corrected chi connectivity index (χ1v) is 4.19. The van der Waals surface area contributed by atoms with Crippen LogP contribution in [0, 0.1) is 11.3 Å². The van der Waals surface area contributed by atoms with E-state index in [2.05, 4.69) is 20.8 Å². The van der Waals surface area contributed by atoms with Crippen LogP contribution in [0.15, 0.2) is 0 Å². The molecule has 2 heteroatoms. The molecule has 0 amide bonds. The Balaban J connectivity index is 2.16. The summed E-state index contributed by atoms with van der Waals surface area (Å²) in [6.45, 7) is 6.27. The van der Waals surface area contributed by atoms with E-state index in [9.17, 15) is 8.78 Å². The van der Waals surface area contributed by atoms with Crippen LogP contribution in [0.25, 0.3) is 0 Å². The van der Waals surface area contributed by atoms with E-state index in [1.165, 1.54) is 0 Å². The van der Waals surface area contributed by atoms with Crippen molar-refractivity contribution in [2.45, 2.75) is 46.0 Å². The van der Waals surface area contributed by atoms with E-state index in [4.69, 9.17) is 0 Å². The van der Waals surface area contributed by atoms with Gasteiger partial charge < -0.3 is 0 Å². The van der Waals surface area contributed by atoms with Gasteiger partial charge in [0.2, 0.25) is 0 Å². The fourth-order valence-electron chi connectivity index (χ4n) is 1.19. The van der Waals surface area contributed by atoms with Gasteiger partial charge in [-0.2, -0.15) is 0 Å². The van der Waals surface area contributed by atoms with Crippen LogP contribution in [0.4, 0.5) is 8.78 Å². The Morgan fingerprint density at radius 2 is 1.82 bits per heavy atom. The molecule has 0 bridgehead atoms. The van der Waals surface area contributed by atoms with Crippen LogP contribution < -0.4 is 0 Å². The third kappa shape index (κ3) is 2.76. The second-order valence-corrected chi connectivity index (χ2v) is 4.76. The highest BCUT2D eigenvalue weighted by atomic mass is 19.3. The minimum atomic E-state index is -2.31. The van der Waals surface area contributed by atoms with E-state index in [1.54, 1.807) is 0 Å². The molecule has 0 saturated heterocycles. The fourth-order valence-corrected chi connectivity index (χ4v) is 1.19. The summed E-state index contributed by atoms with van der Waals surface area (Å²) in [6, 6.07) is 0. The van der Waals surface area contributed by atoms with Crippen molar-refractivity contribution >= 4 is 0 Å². The van der Waals surface area contributed by atoms with E-state index in [-0.39, 0.29) is 17.8 Å². The smallest absolute Gasteiger partial charge is 0.207 e. The molecule has 0 aliphatic heterocycles. The highest BCUT2D eigenvalue weighted by molar-refractivity contribution is 4.95. The standard InChI is InChI=1S/C9H16F2/c1-8(2,3)5-4-7-6-9(7,10)11/h7H,4-6H2,1-3H3. The third-order valence-corrected chi connectivity index (χ3v) is 2.20. The van der Waals surface area contributed by atoms with Crippen LogP contribution in [0.1, 0.15) is 40.0 Å². The lowest BCUT2D eigenvalue weighted by atomic mass is 9.89. The average Bonchev–Trinajstić information content (AvgIpc) is 2.33. The van der Waals surface area contributed by atoms with E-state index < -0.39 is 5.92 Å². The van der Waals surface area contributed by atoms with Crippen molar-refractivity contribution < 1.29 is 8.78 Å². The topological polar surface area (TPSA) is 0 Å². The van der Waals surface area contributed by atoms with Crippen molar-refractivity contribution in [3.63, 3.8) is 0 Å². The number of rotatable bonds is 2. The number of alkyl halides is 2. The molecular formula is C9H16F2. The normalized spacial score (nSPS) is 28.6. The molecule has 0 heterocycles. The maximum Gasteiger partial charge on any atom is 0.251 e. The summed E-state index contributed by atoms with van der Waals surface area (Å²) in [6.07, 6.45) is 1.73. The molecule has 0 aromatic rings. The second kappa shape index (κ2) is 2.43. The van der Waals surface area contributed by atoms with E-state index in [0.717, 1.165) is 6.42 Å². The Labute approximate surface area is 67.0 Å². The van der Waals surface area contributed by atoms with Gasteiger partial charge in [0.15, 0.2) is 0 Å². The molecule has 0 N–H and O–H groups in total. The van der Waals surface area contributed by atoms with Gasteiger partial charge in [0.1, 0.15) is 0 Å². The maximum atomic E-state index is 12.4. The van der Waals surface area contributed by atoms with Gasteiger partial charge in [-0.25, -0.2) is 8.78 Å². The molecule has 11 heavy (non-hydrogen) atoms. The summed E-state index contributed by atoms with van der Waals surface area (Å²) >= 11 is 0. The minimum Gasteiger partial charge on any atom is -0.207 e. The molecule has 66 valence electrons. The SMILES string of the molecule is CC(C)(C)CCC1CC1(F)F. The second-order valence-electron chi connectivity index (χ2n) is 4.76. The summed E-state index contributed by atoms with van der Waals surface area (Å²) in [5.74, 6) is -2.62. The van der Waals surface area contributed by atoms with E-state index >= 15 is 0 Å². The quantitative estimate of drug-likeness (QED) is 0.583. The highest BCUT2D eigenvalue weighted by Gasteiger charge is 2.56. The van der Waals surface area contributed by atoms with Crippen molar-refractivity contribution in [1.29, 1.82) is 0 Å². The van der Waals surface area contributed by atoms with Crippen molar-refractivity contribution in [3.05, 3.63) is 0 Å². The molecule has 1 aliphatic carbocycles. The monoisotopic (exact) mass is 162 g/mol. The van der Waals surface area contributed by atoms with Crippen LogP contribution >= 0.6 is 0 Å². The number of hydrogen-bond acceptors (Lipinski definition) is 0. The molecular weight excluding hydrogens is 146 g/mol. The van der Waals surface area contributed by atoms with Crippen LogP contribution in [-0.2, 0) is 0 Å². The van der Waals surface area contributed by atoms with E-state index in [1.807, 2.05) is 0 Å². The summed E-state index contributed by atoms with van der Waals surface area (Å²) in [4.78, 5) is 0. The summed E-state index contributed by atoms with van der Waals surface area (Å²) in [5, 5.41) is 0. The van der Waals surface area contributed by atoms with Gasteiger partial charge in [-0.1, -0.05) is 20.8 Å². The first kappa shape index (κ1) is 8.95. The van der Waals surface area contributed by atoms with E-state index in [0.29, 0.717) is 6.42 Å². The molecule has 1 unspecified atom stereocenters. The largest absolute Gasteiger partial charge is 0.251 e. The summed E-state index contributed by atoms with van der Waals surface area (Å²) in [5.41, 5.74) is 0.207. The molecule has 0 aromatic carbocycles. The lowest BCUT2D eigenvalue weighted by molar-refractivity contribution is 0.0942. The molecule has 1 rings (SSSR count). The van der Waals surface area contributed by atoms with Crippen molar-refractivity contribution in [1.82, 2.24) is 0 Å². The highest BCUT2D eigenvalue weighted by Crippen LogP contribution is 2.52. The van der Waals surface area contributed by atoms with Gasteiger partial charge in [-0.15, -0.1) is 0 Å². The molecule has 1 atom stereocenters. The van der Waals surface area contributed by atoms with Gasteiger partial charge >= 0.3 is 0 Å². The Bertz CT molecular complexity index is 144. The predicted octanol–water partition coefficient (Wildman–Crippen LogP) is 3.47. The van der Waals surface area contributed by atoms with Gasteiger partial charge in [-0.3, -0.25) is 0 Å². The lowest BCUT2D eigenvalue weighted by Crippen LogP contribution is -2.06. The zero-order valence-electron chi connectivity index (χ0n) is 7.45. The average molecular weight is 162 g/mol. The Hall–Kier alpha value is -0.140. The molecule has 1 aliphatic rings. The number of halogens is 2. The maximum absolute atomic E-state index is 12.4. The summed E-state index contributed by atoms with van der Waals surface area (Å²) < 4.78 is 24.7. The van der Waals surface area contributed by atoms with Crippen LogP contribution in [0.3, 0.4) is 0 Å². The van der Waals surface area contributed by atoms with Crippen molar-refractivity contribution in [2.24, 2.45) is 11.3 Å². The molecule has 0 radical (unpaired) electrons. The third-order valence-electron chi connectivity index (χ3n) is 2.20. The van der Waals surface area contributed by atoms with Crippen LogP contribution in [-0.4, -0.2) is 5.92 Å². The molecule has 1 saturated carbocycles. The van der Waals surface area contributed by atoms with Crippen molar-refractivity contribution in [2.75, 3.05) is 0 Å². The summed E-state index contributed by atoms with van der Waals surface area (Å²) in [7, 11) is 0. The number of hydrogen-bond donors (Lipinski definition) is 0. The van der Waals surface area contributed by atoms with Gasteiger partial charge in [-0.05, 0) is 18.3 Å². The van der Waals surface area contributed by atoms with Crippen molar-refractivity contribution in [3.8, 4) is 0 Å². The zero-order valence-corrected chi connectivity index (χ0v) is 7.45. The van der Waals surface area contributed by atoms with Gasteiger partial charge in [0.25, 0.3) is 5.92 Å². The first-order valence-electron chi connectivity index (χ1n) is 4.19. The fraction of sp³-hybridized carbons (Fsp3) is 1.00. The van der Waals surface area contributed by atoms with Crippen LogP contribution in [0.5, 0.6) is 0 Å². The first-order chi connectivity index (χ1) is 4.81. The Morgan fingerprint density at radius 1 is 1.36 bits per heavy atom. The lowest BCUT2D eigenvalue weighted by Gasteiger charge is -2.17. The minimum absolute atomic E-state index is 0.128. The molecule has 1 fully saturated rings.